The molecular weight excluding hydrogens is 244 g/mol. The van der Waals surface area contributed by atoms with Crippen LogP contribution in [0, 0.1) is 0 Å². The van der Waals surface area contributed by atoms with E-state index in [0.29, 0.717) is 19.6 Å². The molecule has 0 amide bonds. The lowest BCUT2D eigenvalue weighted by molar-refractivity contribution is -0.250. The first-order valence-corrected chi connectivity index (χ1v) is 6.64. The fourth-order valence-electron chi connectivity index (χ4n) is 2.28. The fourth-order valence-corrected chi connectivity index (χ4v) is 2.28. The highest BCUT2D eigenvalue weighted by molar-refractivity contribution is 5.13. The number of rotatable bonds is 5. The Morgan fingerprint density at radius 1 is 1.37 bits per heavy atom. The molecule has 0 bridgehead atoms. The summed E-state index contributed by atoms with van der Waals surface area (Å²) < 4.78 is 16.8. The zero-order valence-electron chi connectivity index (χ0n) is 11.5. The second kappa shape index (κ2) is 6.48. The summed E-state index contributed by atoms with van der Waals surface area (Å²) >= 11 is 0. The second-order valence-electron chi connectivity index (χ2n) is 5.14. The van der Waals surface area contributed by atoms with Crippen molar-refractivity contribution in [3.63, 3.8) is 0 Å². The van der Waals surface area contributed by atoms with E-state index in [-0.39, 0.29) is 6.10 Å². The molecule has 1 heterocycles. The summed E-state index contributed by atoms with van der Waals surface area (Å²) in [4.78, 5) is 0. The number of methoxy groups -OCH3 is 1. The Bertz CT molecular complexity index is 381. The Hall–Kier alpha value is -0.940. The van der Waals surface area contributed by atoms with Gasteiger partial charge in [0.2, 0.25) is 0 Å². The van der Waals surface area contributed by atoms with Gasteiger partial charge in [-0.1, -0.05) is 30.3 Å². The molecule has 4 nitrogen and oxygen atoms in total. The van der Waals surface area contributed by atoms with Crippen LogP contribution in [0.4, 0.5) is 0 Å². The van der Waals surface area contributed by atoms with Crippen LogP contribution in [0.1, 0.15) is 25.3 Å². The van der Waals surface area contributed by atoms with E-state index in [9.17, 15) is 5.11 Å². The van der Waals surface area contributed by atoms with E-state index in [1.54, 1.807) is 7.11 Å². The topological polar surface area (TPSA) is 47.9 Å². The van der Waals surface area contributed by atoms with Crippen molar-refractivity contribution in [2.24, 2.45) is 0 Å². The van der Waals surface area contributed by atoms with Gasteiger partial charge >= 0.3 is 0 Å². The van der Waals surface area contributed by atoms with Gasteiger partial charge in [-0.3, -0.25) is 0 Å². The molecule has 0 spiro atoms. The van der Waals surface area contributed by atoms with Crippen molar-refractivity contribution >= 4 is 0 Å². The predicted octanol–water partition coefficient (Wildman–Crippen LogP) is 2.11. The first-order chi connectivity index (χ1) is 9.14. The summed E-state index contributed by atoms with van der Waals surface area (Å²) in [7, 11) is 1.67. The maximum absolute atomic E-state index is 9.59. The molecule has 1 aliphatic heterocycles. The standard InChI is InChI=1S/C15H22O4/c1-15(17-2)9-8-14(16)19-13(15)11-18-10-12-6-4-3-5-7-12/h3-7,13-14,16H,8-11H2,1-2H3/t13-,14?,15-/m1/s1. The maximum atomic E-state index is 9.59. The van der Waals surface area contributed by atoms with Crippen molar-refractivity contribution in [2.75, 3.05) is 13.7 Å². The first-order valence-electron chi connectivity index (χ1n) is 6.64. The summed E-state index contributed by atoms with van der Waals surface area (Å²) in [5.74, 6) is 0. The van der Waals surface area contributed by atoms with Crippen LogP contribution in [-0.4, -0.2) is 36.8 Å². The van der Waals surface area contributed by atoms with E-state index in [2.05, 4.69) is 0 Å². The van der Waals surface area contributed by atoms with Crippen molar-refractivity contribution < 1.29 is 19.3 Å². The Morgan fingerprint density at radius 2 is 2.11 bits per heavy atom. The lowest BCUT2D eigenvalue weighted by Crippen LogP contribution is -2.51. The van der Waals surface area contributed by atoms with Crippen molar-refractivity contribution in [1.29, 1.82) is 0 Å². The van der Waals surface area contributed by atoms with E-state index in [4.69, 9.17) is 14.2 Å². The largest absolute Gasteiger partial charge is 0.376 e. The summed E-state index contributed by atoms with van der Waals surface area (Å²) in [5.41, 5.74) is 0.730. The van der Waals surface area contributed by atoms with Gasteiger partial charge in [0.15, 0.2) is 6.29 Å². The number of benzene rings is 1. The normalized spacial score (nSPS) is 31.3. The molecule has 0 saturated carbocycles. The SMILES string of the molecule is CO[C@]1(C)CCC(O)O[C@@H]1COCc1ccccc1. The molecule has 1 saturated heterocycles. The molecule has 1 aromatic carbocycles. The van der Waals surface area contributed by atoms with Gasteiger partial charge in [-0.15, -0.1) is 0 Å². The van der Waals surface area contributed by atoms with E-state index in [1.165, 1.54) is 0 Å². The Balaban J connectivity index is 1.86. The zero-order valence-corrected chi connectivity index (χ0v) is 11.5. The minimum absolute atomic E-state index is 0.245. The van der Waals surface area contributed by atoms with Gasteiger partial charge in [0, 0.05) is 13.5 Å². The average molecular weight is 266 g/mol. The molecule has 1 N–H and O–H groups in total. The van der Waals surface area contributed by atoms with E-state index in [0.717, 1.165) is 12.0 Å². The van der Waals surface area contributed by atoms with E-state index < -0.39 is 11.9 Å². The second-order valence-corrected chi connectivity index (χ2v) is 5.14. The van der Waals surface area contributed by atoms with Gasteiger partial charge in [0.25, 0.3) is 0 Å². The Labute approximate surface area is 114 Å². The minimum Gasteiger partial charge on any atom is -0.376 e. The van der Waals surface area contributed by atoms with Crippen molar-refractivity contribution in [1.82, 2.24) is 0 Å². The summed E-state index contributed by atoms with van der Waals surface area (Å²) in [6.45, 7) is 2.95. The van der Waals surface area contributed by atoms with E-state index >= 15 is 0 Å². The molecule has 106 valence electrons. The lowest BCUT2D eigenvalue weighted by Gasteiger charge is -2.41. The number of aliphatic hydroxyl groups is 1. The molecule has 1 unspecified atom stereocenters. The van der Waals surface area contributed by atoms with Gasteiger partial charge in [-0.25, -0.2) is 0 Å². The highest BCUT2D eigenvalue weighted by Gasteiger charge is 2.40. The number of hydrogen-bond donors (Lipinski definition) is 1. The maximum Gasteiger partial charge on any atom is 0.155 e. The minimum atomic E-state index is -0.714. The molecule has 3 atom stereocenters. The Morgan fingerprint density at radius 3 is 2.79 bits per heavy atom. The molecule has 0 radical (unpaired) electrons. The van der Waals surface area contributed by atoms with Crippen LogP contribution in [0.5, 0.6) is 0 Å². The van der Waals surface area contributed by atoms with Crippen LogP contribution in [0.2, 0.25) is 0 Å². The van der Waals surface area contributed by atoms with Crippen LogP contribution in [-0.2, 0) is 20.8 Å². The van der Waals surface area contributed by atoms with Gasteiger partial charge in [-0.2, -0.15) is 0 Å². The van der Waals surface area contributed by atoms with Gasteiger partial charge in [0.05, 0.1) is 18.8 Å². The van der Waals surface area contributed by atoms with Gasteiger partial charge < -0.3 is 19.3 Å². The van der Waals surface area contributed by atoms with Crippen LogP contribution < -0.4 is 0 Å². The van der Waals surface area contributed by atoms with Crippen molar-refractivity contribution in [3.05, 3.63) is 35.9 Å². The van der Waals surface area contributed by atoms with Crippen LogP contribution >= 0.6 is 0 Å². The average Bonchev–Trinajstić information content (AvgIpc) is 2.44. The Kier molecular flexibility index (Phi) is 4.93. The van der Waals surface area contributed by atoms with Crippen LogP contribution in [0.25, 0.3) is 0 Å². The lowest BCUT2D eigenvalue weighted by atomic mass is 9.90. The van der Waals surface area contributed by atoms with Crippen LogP contribution in [0.3, 0.4) is 0 Å². The molecule has 19 heavy (non-hydrogen) atoms. The first kappa shape index (κ1) is 14.5. The quantitative estimate of drug-likeness (QED) is 0.886. The third kappa shape index (κ3) is 3.76. The predicted molar refractivity (Wildman–Crippen MR) is 71.6 cm³/mol. The molecule has 1 fully saturated rings. The molecule has 2 rings (SSSR count). The highest BCUT2D eigenvalue weighted by atomic mass is 16.6. The number of aliphatic hydroxyl groups excluding tert-OH is 1. The molecule has 1 aromatic rings. The summed E-state index contributed by atoms with van der Waals surface area (Å²) in [6, 6.07) is 9.99. The molecule has 1 aliphatic rings. The molecule has 4 heteroatoms. The number of hydrogen-bond acceptors (Lipinski definition) is 4. The van der Waals surface area contributed by atoms with Gasteiger partial charge in [-0.05, 0) is 18.9 Å². The zero-order chi connectivity index (χ0) is 13.7. The van der Waals surface area contributed by atoms with Crippen molar-refractivity contribution in [2.45, 2.75) is 44.4 Å². The smallest absolute Gasteiger partial charge is 0.155 e. The fraction of sp³-hybridized carbons (Fsp3) is 0.600. The number of ether oxygens (including phenoxy) is 3. The van der Waals surface area contributed by atoms with E-state index in [1.807, 2.05) is 37.3 Å². The third-order valence-electron chi connectivity index (χ3n) is 3.74. The molecule has 0 aromatic heterocycles. The van der Waals surface area contributed by atoms with Crippen molar-refractivity contribution in [3.8, 4) is 0 Å². The summed E-state index contributed by atoms with van der Waals surface area (Å²) in [5, 5.41) is 9.59. The van der Waals surface area contributed by atoms with Crippen LogP contribution in [0.15, 0.2) is 30.3 Å². The van der Waals surface area contributed by atoms with Gasteiger partial charge in [0.1, 0.15) is 6.10 Å². The highest BCUT2D eigenvalue weighted by Crippen LogP contribution is 2.31. The summed E-state index contributed by atoms with van der Waals surface area (Å²) in [6.07, 6.45) is 0.405. The molecule has 0 aliphatic carbocycles. The third-order valence-corrected chi connectivity index (χ3v) is 3.74. The monoisotopic (exact) mass is 266 g/mol. The molecular formula is C15H22O4.